The summed E-state index contributed by atoms with van der Waals surface area (Å²) >= 11 is 1.07. The lowest BCUT2D eigenvalue weighted by Gasteiger charge is -2.11. The summed E-state index contributed by atoms with van der Waals surface area (Å²) < 4.78 is 31.0. The number of carboxylic acid groups (broad SMARTS) is 1. The fraction of sp³-hybridized carbons (Fsp3) is 0.500. The van der Waals surface area contributed by atoms with Gasteiger partial charge in [-0.15, -0.1) is 11.3 Å². The van der Waals surface area contributed by atoms with Crippen LogP contribution in [0.4, 0.5) is 5.00 Å². The fourth-order valence-electron chi connectivity index (χ4n) is 1.50. The normalized spacial score (nSPS) is 12.8. The maximum atomic E-state index is 12.0. The molecule has 1 rings (SSSR count). The number of thiophene rings is 1. The van der Waals surface area contributed by atoms with E-state index in [-0.39, 0.29) is 17.2 Å². The van der Waals surface area contributed by atoms with Crippen molar-refractivity contribution >= 4 is 38.3 Å². The van der Waals surface area contributed by atoms with Crippen molar-refractivity contribution in [2.75, 3.05) is 11.3 Å². The molecular weight excluding hydrogens is 318 g/mol. The summed E-state index contributed by atoms with van der Waals surface area (Å²) in [5, 5.41) is 7.26. The number of ether oxygens (including phenoxy) is 1. The zero-order valence-corrected chi connectivity index (χ0v) is 13.7. The van der Waals surface area contributed by atoms with Gasteiger partial charge in [0.25, 0.3) is 0 Å². The average molecular weight is 335 g/mol. The first-order chi connectivity index (χ1) is 9.61. The molecule has 0 spiro atoms. The number of hydrogen-bond acceptors (Lipinski definition) is 6. The molecule has 0 saturated heterocycles. The number of aliphatic carboxylic acids is 1. The molecule has 0 radical (unpaired) electrons. The summed E-state index contributed by atoms with van der Waals surface area (Å²) in [7, 11) is -4.13. The zero-order valence-electron chi connectivity index (χ0n) is 12.1. The average Bonchev–Trinajstić information content (AvgIpc) is 2.63. The molecule has 0 aliphatic rings. The highest BCUT2D eigenvalue weighted by atomic mass is 32.2. The van der Waals surface area contributed by atoms with Gasteiger partial charge < -0.3 is 9.84 Å². The summed E-state index contributed by atoms with van der Waals surface area (Å²) in [6, 6.07) is 0. The van der Waals surface area contributed by atoms with Crippen LogP contribution in [0.15, 0.2) is 0 Å². The van der Waals surface area contributed by atoms with Crippen LogP contribution in [0.2, 0.25) is 0 Å². The molecule has 0 bridgehead atoms. The number of sulfonamides is 1. The number of carbonyl (C=O) groups excluding carboxylic acids is 1. The molecule has 1 heterocycles. The molecule has 0 aliphatic heterocycles. The number of anilines is 1. The molecular formula is C12H17NO6S2. The molecule has 7 nitrogen and oxygen atoms in total. The molecule has 1 atom stereocenters. The Morgan fingerprint density at radius 2 is 1.95 bits per heavy atom. The number of nitrogens with one attached hydrogen (secondary N) is 1. The lowest BCUT2D eigenvalue weighted by molar-refractivity contribution is -0.136. The van der Waals surface area contributed by atoms with Crippen molar-refractivity contribution in [1.82, 2.24) is 0 Å². The quantitative estimate of drug-likeness (QED) is 0.767. The molecule has 0 aromatic carbocycles. The molecule has 1 unspecified atom stereocenters. The van der Waals surface area contributed by atoms with Crippen molar-refractivity contribution in [2.45, 2.75) is 32.9 Å². The van der Waals surface area contributed by atoms with Crippen molar-refractivity contribution in [2.24, 2.45) is 0 Å². The van der Waals surface area contributed by atoms with Gasteiger partial charge in [0.15, 0.2) is 5.25 Å². The van der Waals surface area contributed by atoms with Gasteiger partial charge in [-0.2, -0.15) is 0 Å². The Balaban J connectivity index is 3.24. The van der Waals surface area contributed by atoms with E-state index in [0.717, 1.165) is 23.1 Å². The molecule has 118 valence electrons. The molecule has 1 aromatic rings. The molecule has 9 heteroatoms. The van der Waals surface area contributed by atoms with Crippen molar-refractivity contribution < 1.29 is 27.9 Å². The van der Waals surface area contributed by atoms with Gasteiger partial charge in [0.1, 0.15) is 5.00 Å². The highest BCUT2D eigenvalue weighted by Gasteiger charge is 2.31. The first-order valence-corrected chi connectivity index (χ1v) is 8.49. The van der Waals surface area contributed by atoms with Crippen molar-refractivity contribution in [3.8, 4) is 0 Å². The molecule has 21 heavy (non-hydrogen) atoms. The minimum Gasteiger partial charge on any atom is -0.480 e. The van der Waals surface area contributed by atoms with Gasteiger partial charge >= 0.3 is 11.9 Å². The van der Waals surface area contributed by atoms with E-state index in [9.17, 15) is 18.0 Å². The van der Waals surface area contributed by atoms with Gasteiger partial charge in [0.2, 0.25) is 10.0 Å². The third-order valence-corrected chi connectivity index (χ3v) is 5.79. The minimum atomic E-state index is -4.13. The third-order valence-electron chi connectivity index (χ3n) is 2.91. The number of carboxylic acids is 1. The number of rotatable bonds is 6. The smallest absolute Gasteiger partial charge is 0.341 e. The van der Waals surface area contributed by atoms with Crippen LogP contribution in [-0.2, 0) is 19.6 Å². The van der Waals surface area contributed by atoms with Gasteiger partial charge in [-0.25, -0.2) is 13.2 Å². The fourth-order valence-corrected chi connectivity index (χ4v) is 3.72. The number of esters is 1. The van der Waals surface area contributed by atoms with Gasteiger partial charge in [-0.1, -0.05) is 0 Å². The second-order valence-electron chi connectivity index (χ2n) is 4.34. The van der Waals surface area contributed by atoms with E-state index >= 15 is 0 Å². The highest BCUT2D eigenvalue weighted by molar-refractivity contribution is 7.94. The molecule has 0 fully saturated rings. The van der Waals surface area contributed by atoms with Crippen LogP contribution in [-0.4, -0.2) is 37.3 Å². The van der Waals surface area contributed by atoms with Crippen LogP contribution in [0, 0.1) is 13.8 Å². The van der Waals surface area contributed by atoms with Crippen molar-refractivity contribution in [1.29, 1.82) is 0 Å². The van der Waals surface area contributed by atoms with E-state index in [1.54, 1.807) is 20.8 Å². The maximum absolute atomic E-state index is 12.0. The Hall–Kier alpha value is -1.61. The topological polar surface area (TPSA) is 110 Å². The highest BCUT2D eigenvalue weighted by Crippen LogP contribution is 2.34. The Bertz CT molecular complexity index is 662. The van der Waals surface area contributed by atoms with Gasteiger partial charge in [-0.3, -0.25) is 9.52 Å². The number of carbonyl (C=O) groups is 2. The second kappa shape index (κ2) is 6.44. The van der Waals surface area contributed by atoms with E-state index in [1.165, 1.54) is 0 Å². The zero-order chi connectivity index (χ0) is 16.4. The van der Waals surface area contributed by atoms with Crippen LogP contribution in [0.1, 0.15) is 34.6 Å². The van der Waals surface area contributed by atoms with Gasteiger partial charge in [0, 0.05) is 4.88 Å². The standard InChI is InChI=1S/C12H17NO6S2/c1-5-19-12(16)9-6(2)7(3)20-10(9)13-21(17,18)8(4)11(14)15/h8,13H,5H2,1-4H3,(H,14,15). The summed E-state index contributed by atoms with van der Waals surface area (Å²) in [5.74, 6) is -2.11. The number of aryl methyl sites for hydroxylation is 1. The van der Waals surface area contributed by atoms with Crippen LogP contribution < -0.4 is 4.72 Å². The van der Waals surface area contributed by atoms with Crippen molar-refractivity contribution in [3.63, 3.8) is 0 Å². The largest absolute Gasteiger partial charge is 0.480 e. The van der Waals surface area contributed by atoms with Crippen LogP contribution in [0.5, 0.6) is 0 Å². The molecule has 0 aliphatic carbocycles. The Morgan fingerprint density at radius 3 is 2.43 bits per heavy atom. The lowest BCUT2D eigenvalue weighted by atomic mass is 10.2. The Morgan fingerprint density at radius 1 is 1.38 bits per heavy atom. The number of hydrogen-bond donors (Lipinski definition) is 2. The first-order valence-electron chi connectivity index (χ1n) is 6.13. The van der Waals surface area contributed by atoms with E-state index < -0.39 is 27.2 Å². The first kappa shape index (κ1) is 17.4. The predicted molar refractivity (Wildman–Crippen MR) is 79.4 cm³/mol. The van der Waals surface area contributed by atoms with Crippen LogP contribution in [0.25, 0.3) is 0 Å². The third kappa shape index (κ3) is 3.73. The molecule has 0 amide bonds. The van der Waals surface area contributed by atoms with Crippen LogP contribution in [0.3, 0.4) is 0 Å². The summed E-state index contributed by atoms with van der Waals surface area (Å²) in [5.41, 5.74) is 0.736. The summed E-state index contributed by atoms with van der Waals surface area (Å²) in [6.45, 7) is 6.27. The Kier molecular flexibility index (Phi) is 5.35. The van der Waals surface area contributed by atoms with E-state index in [2.05, 4.69) is 4.72 Å². The van der Waals surface area contributed by atoms with Crippen LogP contribution >= 0.6 is 11.3 Å². The van der Waals surface area contributed by atoms with Gasteiger partial charge in [-0.05, 0) is 33.3 Å². The van der Waals surface area contributed by atoms with E-state index in [4.69, 9.17) is 9.84 Å². The van der Waals surface area contributed by atoms with E-state index in [1.807, 2.05) is 0 Å². The van der Waals surface area contributed by atoms with Crippen molar-refractivity contribution in [3.05, 3.63) is 16.0 Å². The Labute approximate surface area is 127 Å². The molecule has 2 N–H and O–H groups in total. The molecule has 0 saturated carbocycles. The van der Waals surface area contributed by atoms with Gasteiger partial charge in [0.05, 0.1) is 12.2 Å². The second-order valence-corrected chi connectivity index (χ2v) is 7.56. The predicted octanol–water partition coefficient (Wildman–Crippen LogP) is 1.76. The summed E-state index contributed by atoms with van der Waals surface area (Å²) in [4.78, 5) is 23.5. The SMILES string of the molecule is CCOC(=O)c1c(NS(=O)(=O)C(C)C(=O)O)sc(C)c1C. The lowest BCUT2D eigenvalue weighted by Crippen LogP contribution is -2.32. The van der Waals surface area contributed by atoms with E-state index in [0.29, 0.717) is 5.56 Å². The maximum Gasteiger partial charge on any atom is 0.341 e. The molecule has 1 aromatic heterocycles. The summed E-state index contributed by atoms with van der Waals surface area (Å²) in [6.07, 6.45) is 0. The monoisotopic (exact) mass is 335 g/mol. The minimum absolute atomic E-state index is 0.0801.